The van der Waals surface area contributed by atoms with Gasteiger partial charge in [0.2, 0.25) is 5.91 Å². The smallest absolute Gasteiger partial charge is 0.240 e. The molecular formula is C11H20N2O. The Bertz CT molecular complexity index is 237. The second-order valence-electron chi connectivity index (χ2n) is 5.09. The SMILES string of the molecule is CC1(C)NC2CCCCC[C@@H]2NC1=O. The van der Waals surface area contributed by atoms with Crippen LogP contribution in [0.3, 0.4) is 0 Å². The fourth-order valence-electron chi connectivity index (χ4n) is 2.53. The van der Waals surface area contributed by atoms with Crippen molar-refractivity contribution in [1.29, 1.82) is 0 Å². The number of hydrogen-bond acceptors (Lipinski definition) is 2. The van der Waals surface area contributed by atoms with E-state index in [1.54, 1.807) is 0 Å². The van der Waals surface area contributed by atoms with E-state index in [1.807, 2.05) is 13.8 Å². The number of fused-ring (bicyclic) bond motifs is 1. The summed E-state index contributed by atoms with van der Waals surface area (Å²) in [4.78, 5) is 11.7. The van der Waals surface area contributed by atoms with Crippen LogP contribution in [-0.4, -0.2) is 23.5 Å². The summed E-state index contributed by atoms with van der Waals surface area (Å²) in [5.41, 5.74) is -0.383. The summed E-state index contributed by atoms with van der Waals surface area (Å²) in [6.45, 7) is 3.92. The topological polar surface area (TPSA) is 41.1 Å². The standard InChI is InChI=1S/C11H20N2O/c1-11(2)10(14)12-8-6-4-3-5-7-9(8)13-11/h8-9,13H,3-7H2,1-2H3,(H,12,14)/t8-,9?/m0/s1. The maximum atomic E-state index is 11.7. The fourth-order valence-corrected chi connectivity index (χ4v) is 2.53. The van der Waals surface area contributed by atoms with Gasteiger partial charge in [-0.3, -0.25) is 10.1 Å². The molecule has 3 nitrogen and oxygen atoms in total. The lowest BCUT2D eigenvalue weighted by Gasteiger charge is -2.41. The van der Waals surface area contributed by atoms with Gasteiger partial charge in [-0.1, -0.05) is 19.3 Å². The molecule has 1 saturated carbocycles. The monoisotopic (exact) mass is 196 g/mol. The van der Waals surface area contributed by atoms with Gasteiger partial charge < -0.3 is 5.32 Å². The van der Waals surface area contributed by atoms with Crippen molar-refractivity contribution < 1.29 is 4.79 Å². The maximum Gasteiger partial charge on any atom is 0.240 e. The van der Waals surface area contributed by atoms with Gasteiger partial charge in [0, 0.05) is 12.1 Å². The van der Waals surface area contributed by atoms with Crippen molar-refractivity contribution in [2.75, 3.05) is 0 Å². The highest BCUT2D eigenvalue weighted by molar-refractivity contribution is 5.86. The minimum atomic E-state index is -0.383. The molecule has 1 heterocycles. The van der Waals surface area contributed by atoms with Crippen LogP contribution in [-0.2, 0) is 4.79 Å². The highest BCUT2D eigenvalue weighted by atomic mass is 16.2. The van der Waals surface area contributed by atoms with Crippen LogP contribution in [0.5, 0.6) is 0 Å². The summed E-state index contributed by atoms with van der Waals surface area (Å²) in [6, 6.07) is 0.864. The summed E-state index contributed by atoms with van der Waals surface area (Å²) in [7, 11) is 0. The zero-order valence-corrected chi connectivity index (χ0v) is 9.10. The van der Waals surface area contributed by atoms with Crippen molar-refractivity contribution >= 4 is 5.91 Å². The van der Waals surface area contributed by atoms with Crippen molar-refractivity contribution in [3.63, 3.8) is 0 Å². The lowest BCUT2D eigenvalue weighted by Crippen LogP contribution is -2.68. The van der Waals surface area contributed by atoms with Crippen molar-refractivity contribution in [1.82, 2.24) is 10.6 Å². The molecular weight excluding hydrogens is 176 g/mol. The van der Waals surface area contributed by atoms with Crippen molar-refractivity contribution in [2.24, 2.45) is 0 Å². The Hall–Kier alpha value is -0.570. The van der Waals surface area contributed by atoms with E-state index in [2.05, 4.69) is 10.6 Å². The van der Waals surface area contributed by atoms with E-state index in [0.717, 1.165) is 6.42 Å². The Kier molecular flexibility index (Phi) is 2.52. The first-order valence-electron chi connectivity index (χ1n) is 5.68. The van der Waals surface area contributed by atoms with Crippen LogP contribution >= 0.6 is 0 Å². The average Bonchev–Trinajstić information content (AvgIpc) is 2.30. The number of carbonyl (C=O) groups excluding carboxylic acids is 1. The Morgan fingerprint density at radius 2 is 1.79 bits per heavy atom. The molecule has 1 amide bonds. The van der Waals surface area contributed by atoms with E-state index in [9.17, 15) is 4.79 Å². The molecule has 1 aliphatic carbocycles. The van der Waals surface area contributed by atoms with Gasteiger partial charge in [0.25, 0.3) is 0 Å². The van der Waals surface area contributed by atoms with Crippen molar-refractivity contribution in [3.05, 3.63) is 0 Å². The van der Waals surface area contributed by atoms with Crippen LogP contribution in [0.25, 0.3) is 0 Å². The molecule has 2 aliphatic rings. The van der Waals surface area contributed by atoms with Gasteiger partial charge in [0.1, 0.15) is 0 Å². The zero-order valence-electron chi connectivity index (χ0n) is 9.10. The molecule has 0 aromatic rings. The quantitative estimate of drug-likeness (QED) is 0.611. The molecule has 0 aromatic heterocycles. The van der Waals surface area contributed by atoms with Crippen LogP contribution in [0.4, 0.5) is 0 Å². The summed E-state index contributed by atoms with van der Waals surface area (Å²) >= 11 is 0. The Labute approximate surface area is 85.6 Å². The number of nitrogens with one attached hydrogen (secondary N) is 2. The first-order valence-corrected chi connectivity index (χ1v) is 5.68. The lowest BCUT2D eigenvalue weighted by atomic mass is 9.91. The minimum absolute atomic E-state index is 0.153. The van der Waals surface area contributed by atoms with E-state index in [-0.39, 0.29) is 11.4 Å². The van der Waals surface area contributed by atoms with Gasteiger partial charge in [0.15, 0.2) is 0 Å². The first kappa shape index (κ1) is 9.97. The largest absolute Gasteiger partial charge is 0.350 e. The second-order valence-corrected chi connectivity index (χ2v) is 5.09. The predicted octanol–water partition coefficient (Wildman–Crippen LogP) is 1.19. The summed E-state index contributed by atoms with van der Waals surface area (Å²) in [5.74, 6) is 0.153. The van der Waals surface area contributed by atoms with Crippen LogP contribution in [0.1, 0.15) is 46.0 Å². The van der Waals surface area contributed by atoms with E-state index in [4.69, 9.17) is 0 Å². The number of amides is 1. The van der Waals surface area contributed by atoms with Crippen LogP contribution < -0.4 is 10.6 Å². The molecule has 14 heavy (non-hydrogen) atoms. The molecule has 3 heteroatoms. The van der Waals surface area contributed by atoms with E-state index in [0.29, 0.717) is 12.1 Å². The number of hydrogen-bond donors (Lipinski definition) is 2. The Morgan fingerprint density at radius 1 is 1.14 bits per heavy atom. The summed E-state index contributed by atoms with van der Waals surface area (Å²) in [5, 5.41) is 6.62. The Morgan fingerprint density at radius 3 is 2.50 bits per heavy atom. The number of rotatable bonds is 0. The normalized spacial score (nSPS) is 36.9. The van der Waals surface area contributed by atoms with Gasteiger partial charge in [-0.15, -0.1) is 0 Å². The van der Waals surface area contributed by atoms with Crippen molar-refractivity contribution in [3.8, 4) is 0 Å². The highest BCUT2D eigenvalue weighted by Crippen LogP contribution is 2.23. The second kappa shape index (κ2) is 3.54. The van der Waals surface area contributed by atoms with E-state index >= 15 is 0 Å². The number of carbonyl (C=O) groups is 1. The highest BCUT2D eigenvalue weighted by Gasteiger charge is 2.40. The van der Waals surface area contributed by atoms with Gasteiger partial charge in [-0.05, 0) is 26.7 Å². The molecule has 2 rings (SSSR count). The zero-order chi connectivity index (χ0) is 10.2. The average molecular weight is 196 g/mol. The molecule has 0 radical (unpaired) electrons. The Balaban J connectivity index is 2.10. The van der Waals surface area contributed by atoms with Crippen molar-refractivity contribution in [2.45, 2.75) is 63.6 Å². The van der Waals surface area contributed by atoms with Crippen LogP contribution in [0.15, 0.2) is 0 Å². The third-order valence-electron chi connectivity index (χ3n) is 3.45. The molecule has 1 aliphatic heterocycles. The summed E-state index contributed by atoms with van der Waals surface area (Å²) in [6.07, 6.45) is 6.20. The third-order valence-corrected chi connectivity index (χ3v) is 3.45. The van der Waals surface area contributed by atoms with Crippen LogP contribution in [0.2, 0.25) is 0 Å². The lowest BCUT2D eigenvalue weighted by molar-refractivity contribution is -0.130. The van der Waals surface area contributed by atoms with Crippen LogP contribution in [0, 0.1) is 0 Å². The molecule has 2 fully saturated rings. The van der Waals surface area contributed by atoms with Gasteiger partial charge in [0.05, 0.1) is 5.54 Å². The predicted molar refractivity (Wildman–Crippen MR) is 56.0 cm³/mol. The molecule has 2 atom stereocenters. The van der Waals surface area contributed by atoms with Gasteiger partial charge >= 0.3 is 0 Å². The first-order chi connectivity index (χ1) is 6.59. The molecule has 0 spiro atoms. The fraction of sp³-hybridized carbons (Fsp3) is 0.909. The van der Waals surface area contributed by atoms with E-state index in [1.165, 1.54) is 25.7 Å². The molecule has 0 bridgehead atoms. The number of piperazine rings is 1. The maximum absolute atomic E-state index is 11.7. The third kappa shape index (κ3) is 1.78. The van der Waals surface area contributed by atoms with Gasteiger partial charge in [-0.25, -0.2) is 0 Å². The molecule has 0 aromatic carbocycles. The minimum Gasteiger partial charge on any atom is -0.350 e. The van der Waals surface area contributed by atoms with Gasteiger partial charge in [-0.2, -0.15) is 0 Å². The molecule has 80 valence electrons. The van der Waals surface area contributed by atoms with E-state index < -0.39 is 0 Å². The molecule has 1 saturated heterocycles. The molecule has 2 N–H and O–H groups in total. The summed E-state index contributed by atoms with van der Waals surface area (Å²) < 4.78 is 0. The molecule has 1 unspecified atom stereocenters.